The van der Waals surface area contributed by atoms with Crippen LogP contribution in [-0.4, -0.2) is 45.2 Å². The van der Waals surface area contributed by atoms with Crippen molar-refractivity contribution >= 4 is 24.0 Å². The fraction of sp³-hybridized carbons (Fsp3) is 0.611. The summed E-state index contributed by atoms with van der Waals surface area (Å²) in [7, 11) is 0. The summed E-state index contributed by atoms with van der Waals surface area (Å²) in [6.07, 6.45) is 4.06. The highest BCUT2D eigenvalue weighted by Crippen LogP contribution is 2.21. The number of rotatable bonds is 7. The zero-order valence-electron chi connectivity index (χ0n) is 16.9. The maximum absolute atomic E-state index is 12.5. The van der Waals surface area contributed by atoms with Gasteiger partial charge in [0, 0.05) is 25.7 Å². The molecule has 0 aliphatic rings. The van der Waals surface area contributed by atoms with Crippen molar-refractivity contribution in [3.8, 4) is 0 Å². The molecule has 0 radical (unpaired) electrons. The maximum Gasteiger partial charge on any atom is 0.417 e. The average Bonchev–Trinajstić information content (AvgIpc) is 3.07. The molecule has 10 heteroatoms. The number of carbonyl (C=O) groups is 3. The number of carbonyl (C=O) groups excluding carboxylic acids is 3. The van der Waals surface area contributed by atoms with Crippen molar-refractivity contribution in [1.82, 2.24) is 15.1 Å². The summed E-state index contributed by atoms with van der Waals surface area (Å²) in [5.41, 5.74) is -0.894. The van der Waals surface area contributed by atoms with Gasteiger partial charge in [-0.3, -0.25) is 15.5 Å². The van der Waals surface area contributed by atoms with Crippen LogP contribution < -0.4 is 5.32 Å². The van der Waals surface area contributed by atoms with E-state index in [-0.39, 0.29) is 6.42 Å². The minimum absolute atomic E-state index is 0.0698. The number of amides is 1. The van der Waals surface area contributed by atoms with E-state index in [1.165, 1.54) is 12.4 Å². The second kappa shape index (κ2) is 9.86. The van der Waals surface area contributed by atoms with Crippen LogP contribution in [0, 0.1) is 5.41 Å². The molecule has 1 aromatic heterocycles. The molecule has 0 saturated carbocycles. The summed E-state index contributed by atoms with van der Waals surface area (Å²) in [6.45, 7) is 7.99. The van der Waals surface area contributed by atoms with Gasteiger partial charge in [-0.2, -0.15) is 5.10 Å². The Morgan fingerprint density at radius 1 is 1.11 bits per heavy atom. The zero-order valence-corrected chi connectivity index (χ0v) is 16.9. The summed E-state index contributed by atoms with van der Waals surface area (Å²) < 4.78 is 16.5. The summed E-state index contributed by atoms with van der Waals surface area (Å²) in [5.74, 6) is -4.44. The minimum Gasteiger partial charge on any atom is -0.454 e. The fourth-order valence-corrected chi connectivity index (χ4v) is 2.02. The molecule has 0 aliphatic carbocycles. The maximum atomic E-state index is 12.5. The molecule has 1 aromatic rings. The second-order valence-electron chi connectivity index (χ2n) is 7.19. The zero-order chi connectivity index (χ0) is 21.4. The summed E-state index contributed by atoms with van der Waals surface area (Å²) in [5, 5.41) is 13.6. The number of nitrogens with one attached hydrogen (secondary N) is 2. The number of hydrogen-bond acceptors (Lipinski definition) is 8. The first-order valence-electron chi connectivity index (χ1n) is 9.00. The standard InChI is InChI=1S/C18H28N4O6/c1-6-7-8-10-13(23)26-18(5,14(24)27-17(2,3)4)28-16(25)21-15(19)22-12-9-11-20-22/h9,11-12H,6-8,10H2,1-5H3,(H2,19,21,25). The van der Waals surface area contributed by atoms with Crippen LogP contribution in [0.1, 0.15) is 60.3 Å². The number of nitrogens with zero attached hydrogens (tertiary/aromatic N) is 2. The van der Waals surface area contributed by atoms with Crippen LogP contribution in [0.15, 0.2) is 18.5 Å². The van der Waals surface area contributed by atoms with Gasteiger partial charge in [0.25, 0.3) is 0 Å². The van der Waals surface area contributed by atoms with Crippen LogP contribution in [0.25, 0.3) is 0 Å². The Labute approximate surface area is 164 Å². The van der Waals surface area contributed by atoms with Crippen molar-refractivity contribution in [3.05, 3.63) is 18.5 Å². The van der Waals surface area contributed by atoms with Gasteiger partial charge >= 0.3 is 23.8 Å². The molecule has 1 heterocycles. The molecule has 1 atom stereocenters. The third-order valence-corrected chi connectivity index (χ3v) is 3.30. The molecule has 1 amide bonds. The Morgan fingerprint density at radius 2 is 1.79 bits per heavy atom. The van der Waals surface area contributed by atoms with Gasteiger partial charge in [-0.05, 0) is 33.3 Å². The second-order valence-corrected chi connectivity index (χ2v) is 7.19. The SMILES string of the molecule is CCCCCC(=O)OC(C)(OC(=O)NC(=N)n1cccn1)C(=O)OC(C)(C)C. The third kappa shape index (κ3) is 7.77. The van der Waals surface area contributed by atoms with E-state index in [9.17, 15) is 14.4 Å². The Hall–Kier alpha value is -2.91. The highest BCUT2D eigenvalue weighted by atomic mass is 16.8. The van der Waals surface area contributed by atoms with E-state index in [4.69, 9.17) is 19.6 Å². The van der Waals surface area contributed by atoms with Gasteiger partial charge < -0.3 is 14.2 Å². The van der Waals surface area contributed by atoms with Gasteiger partial charge in [-0.25, -0.2) is 14.3 Å². The highest BCUT2D eigenvalue weighted by Gasteiger charge is 2.45. The number of unbranched alkanes of at least 4 members (excludes halogenated alkanes) is 2. The molecule has 28 heavy (non-hydrogen) atoms. The number of alkyl carbamates (subject to hydrolysis) is 1. The van der Waals surface area contributed by atoms with Crippen LogP contribution >= 0.6 is 0 Å². The highest BCUT2D eigenvalue weighted by molar-refractivity contribution is 5.94. The van der Waals surface area contributed by atoms with Crippen molar-refractivity contribution < 1.29 is 28.6 Å². The molecule has 156 valence electrons. The number of aromatic nitrogens is 2. The predicted molar refractivity (Wildman–Crippen MR) is 99.5 cm³/mol. The normalized spacial score (nSPS) is 13.2. The number of ether oxygens (including phenoxy) is 3. The lowest BCUT2D eigenvalue weighted by Gasteiger charge is -2.30. The molecule has 10 nitrogen and oxygen atoms in total. The van der Waals surface area contributed by atoms with Crippen molar-refractivity contribution in [2.75, 3.05) is 0 Å². The van der Waals surface area contributed by atoms with Crippen molar-refractivity contribution in [3.63, 3.8) is 0 Å². The predicted octanol–water partition coefficient (Wildman–Crippen LogP) is 2.57. The van der Waals surface area contributed by atoms with E-state index >= 15 is 0 Å². The lowest BCUT2D eigenvalue weighted by molar-refractivity contribution is -0.227. The van der Waals surface area contributed by atoms with Crippen LogP contribution in [0.4, 0.5) is 4.79 Å². The van der Waals surface area contributed by atoms with Crippen LogP contribution in [0.5, 0.6) is 0 Å². The molecule has 2 N–H and O–H groups in total. The van der Waals surface area contributed by atoms with Crippen LogP contribution in [0.3, 0.4) is 0 Å². The van der Waals surface area contributed by atoms with Crippen LogP contribution in [-0.2, 0) is 23.8 Å². The smallest absolute Gasteiger partial charge is 0.417 e. The summed E-state index contributed by atoms with van der Waals surface area (Å²) in [4.78, 5) is 36.8. The number of hydrogen-bond donors (Lipinski definition) is 2. The minimum atomic E-state index is -2.30. The van der Waals surface area contributed by atoms with E-state index in [1.54, 1.807) is 26.8 Å². The fourth-order valence-electron chi connectivity index (χ4n) is 2.02. The first-order chi connectivity index (χ1) is 13.0. The molecule has 0 aromatic carbocycles. The van der Waals surface area contributed by atoms with Crippen molar-refractivity contribution in [2.24, 2.45) is 0 Å². The Balaban J connectivity index is 2.86. The first-order valence-corrected chi connectivity index (χ1v) is 9.00. The monoisotopic (exact) mass is 396 g/mol. The molecule has 0 bridgehead atoms. The summed E-state index contributed by atoms with van der Waals surface area (Å²) >= 11 is 0. The molecule has 0 aliphatic heterocycles. The van der Waals surface area contributed by atoms with Crippen molar-refractivity contribution in [1.29, 1.82) is 5.41 Å². The Kier molecular flexibility index (Phi) is 8.15. The largest absolute Gasteiger partial charge is 0.454 e. The molecule has 1 unspecified atom stereocenters. The number of esters is 2. The van der Waals surface area contributed by atoms with E-state index in [0.717, 1.165) is 24.4 Å². The van der Waals surface area contributed by atoms with Gasteiger partial charge in [0.05, 0.1) is 0 Å². The van der Waals surface area contributed by atoms with E-state index < -0.39 is 35.4 Å². The lowest BCUT2D eigenvalue weighted by Crippen LogP contribution is -2.50. The summed E-state index contributed by atoms with van der Waals surface area (Å²) in [6, 6.07) is 1.56. The molecule has 0 fully saturated rings. The quantitative estimate of drug-likeness (QED) is 0.238. The third-order valence-electron chi connectivity index (χ3n) is 3.30. The molecule has 0 spiro atoms. The molecular formula is C18H28N4O6. The molecule has 0 saturated heterocycles. The van der Waals surface area contributed by atoms with E-state index in [0.29, 0.717) is 6.42 Å². The van der Waals surface area contributed by atoms with Gasteiger partial charge in [-0.1, -0.05) is 19.8 Å². The molecule has 1 rings (SSSR count). The van der Waals surface area contributed by atoms with E-state index in [1.807, 2.05) is 6.92 Å². The first kappa shape index (κ1) is 23.1. The van der Waals surface area contributed by atoms with Gasteiger partial charge in [0.1, 0.15) is 5.60 Å². The van der Waals surface area contributed by atoms with Gasteiger partial charge in [0.2, 0.25) is 5.96 Å². The Bertz CT molecular complexity index is 695. The van der Waals surface area contributed by atoms with Crippen molar-refractivity contribution in [2.45, 2.75) is 71.7 Å². The average molecular weight is 396 g/mol. The topological polar surface area (TPSA) is 133 Å². The molecular weight excluding hydrogens is 368 g/mol. The van der Waals surface area contributed by atoms with E-state index in [2.05, 4.69) is 10.4 Å². The van der Waals surface area contributed by atoms with Gasteiger partial charge in [-0.15, -0.1) is 0 Å². The van der Waals surface area contributed by atoms with Crippen LogP contribution in [0.2, 0.25) is 0 Å². The lowest BCUT2D eigenvalue weighted by atomic mass is 10.2. The van der Waals surface area contributed by atoms with Gasteiger partial charge in [0.15, 0.2) is 0 Å². The Morgan fingerprint density at radius 3 is 2.32 bits per heavy atom.